The lowest BCUT2D eigenvalue weighted by atomic mass is 10.2. The number of hydrogen-bond donors (Lipinski definition) is 2. The first-order valence-electron chi connectivity index (χ1n) is 6.98. The van der Waals surface area contributed by atoms with Crippen LogP contribution in [-0.2, 0) is 11.2 Å². The summed E-state index contributed by atoms with van der Waals surface area (Å²) in [6.07, 6.45) is 1.25. The van der Waals surface area contributed by atoms with E-state index in [-0.39, 0.29) is 18.1 Å². The molecule has 2 aromatic rings. The van der Waals surface area contributed by atoms with Crippen LogP contribution < -0.4 is 10.1 Å². The molecule has 0 spiro atoms. The average molecular weight is 285 g/mol. The van der Waals surface area contributed by atoms with Crippen LogP contribution in [0.15, 0.2) is 48.5 Å². The van der Waals surface area contributed by atoms with E-state index < -0.39 is 0 Å². The van der Waals surface area contributed by atoms with E-state index in [1.807, 2.05) is 24.3 Å². The molecule has 0 bridgehead atoms. The number of phenolic OH excluding ortho intramolecular Hbond substituents is 1. The number of hydrogen-bond acceptors (Lipinski definition) is 3. The zero-order valence-electron chi connectivity index (χ0n) is 12.0. The van der Waals surface area contributed by atoms with Crippen molar-refractivity contribution in [2.45, 2.75) is 19.8 Å². The number of anilines is 1. The standard InChI is InChI=1S/C17H19NO3/c1-2-13-6-8-16(9-7-13)21-11-10-17(20)18-14-4-3-5-15(19)12-14/h3-9,12,19H,2,10-11H2,1H3,(H,18,20). The summed E-state index contributed by atoms with van der Waals surface area (Å²) in [6, 6.07) is 14.3. The van der Waals surface area contributed by atoms with Crippen molar-refractivity contribution in [3.8, 4) is 11.5 Å². The van der Waals surface area contributed by atoms with Crippen LogP contribution in [0.25, 0.3) is 0 Å². The van der Waals surface area contributed by atoms with Gasteiger partial charge in [-0.1, -0.05) is 25.1 Å². The first-order chi connectivity index (χ1) is 10.2. The van der Waals surface area contributed by atoms with Gasteiger partial charge in [-0.05, 0) is 36.2 Å². The molecule has 0 radical (unpaired) electrons. The minimum Gasteiger partial charge on any atom is -0.508 e. The molecule has 0 aliphatic carbocycles. The molecular formula is C17H19NO3. The Morgan fingerprint density at radius 3 is 2.62 bits per heavy atom. The first-order valence-corrected chi connectivity index (χ1v) is 6.98. The molecule has 0 saturated heterocycles. The van der Waals surface area contributed by atoms with Gasteiger partial charge >= 0.3 is 0 Å². The third-order valence-electron chi connectivity index (χ3n) is 3.06. The number of aryl methyl sites for hydroxylation is 1. The maximum absolute atomic E-state index is 11.7. The van der Waals surface area contributed by atoms with Crippen LogP contribution in [0.5, 0.6) is 11.5 Å². The van der Waals surface area contributed by atoms with Crippen LogP contribution in [0.3, 0.4) is 0 Å². The minimum atomic E-state index is -0.147. The summed E-state index contributed by atoms with van der Waals surface area (Å²) < 4.78 is 5.53. The summed E-state index contributed by atoms with van der Waals surface area (Å²) in [5, 5.41) is 12.0. The molecule has 2 N–H and O–H groups in total. The lowest BCUT2D eigenvalue weighted by Crippen LogP contribution is -2.15. The topological polar surface area (TPSA) is 58.6 Å². The third kappa shape index (κ3) is 4.84. The smallest absolute Gasteiger partial charge is 0.227 e. The Balaban J connectivity index is 1.76. The highest BCUT2D eigenvalue weighted by Crippen LogP contribution is 2.16. The largest absolute Gasteiger partial charge is 0.508 e. The molecule has 0 aromatic heterocycles. The van der Waals surface area contributed by atoms with E-state index in [1.54, 1.807) is 18.2 Å². The van der Waals surface area contributed by atoms with Crippen molar-refractivity contribution in [2.24, 2.45) is 0 Å². The molecule has 21 heavy (non-hydrogen) atoms. The molecule has 4 nitrogen and oxygen atoms in total. The molecule has 0 unspecified atom stereocenters. The molecule has 0 aliphatic heterocycles. The van der Waals surface area contributed by atoms with Gasteiger partial charge in [0, 0.05) is 11.8 Å². The summed E-state index contributed by atoms with van der Waals surface area (Å²) in [4.78, 5) is 11.7. The minimum absolute atomic E-state index is 0.125. The molecule has 110 valence electrons. The first kappa shape index (κ1) is 14.9. The number of benzene rings is 2. The summed E-state index contributed by atoms with van der Waals surface area (Å²) in [5.41, 5.74) is 1.83. The summed E-state index contributed by atoms with van der Waals surface area (Å²) in [7, 11) is 0. The van der Waals surface area contributed by atoms with Crippen molar-refractivity contribution in [3.05, 3.63) is 54.1 Å². The molecule has 0 saturated carbocycles. The Bertz CT molecular complexity index is 593. The van der Waals surface area contributed by atoms with E-state index in [9.17, 15) is 9.90 Å². The van der Waals surface area contributed by atoms with E-state index >= 15 is 0 Å². The number of carbonyl (C=O) groups excluding carboxylic acids is 1. The van der Waals surface area contributed by atoms with Gasteiger partial charge in [-0.15, -0.1) is 0 Å². The summed E-state index contributed by atoms with van der Waals surface area (Å²) >= 11 is 0. The zero-order valence-corrected chi connectivity index (χ0v) is 12.0. The van der Waals surface area contributed by atoms with Crippen molar-refractivity contribution >= 4 is 11.6 Å². The number of amides is 1. The van der Waals surface area contributed by atoms with Gasteiger partial charge in [0.05, 0.1) is 13.0 Å². The number of nitrogens with one attached hydrogen (secondary N) is 1. The van der Waals surface area contributed by atoms with Crippen LogP contribution in [0, 0.1) is 0 Å². The molecule has 2 aromatic carbocycles. The molecule has 2 rings (SSSR count). The number of carbonyl (C=O) groups is 1. The lowest BCUT2D eigenvalue weighted by Gasteiger charge is -2.08. The molecule has 0 aliphatic rings. The van der Waals surface area contributed by atoms with Crippen LogP contribution >= 0.6 is 0 Å². The maximum atomic E-state index is 11.7. The van der Waals surface area contributed by atoms with E-state index in [4.69, 9.17) is 4.74 Å². The SMILES string of the molecule is CCc1ccc(OCCC(=O)Nc2cccc(O)c2)cc1. The number of rotatable bonds is 6. The summed E-state index contributed by atoms with van der Waals surface area (Å²) in [6.45, 7) is 2.41. The molecule has 0 heterocycles. The highest BCUT2D eigenvalue weighted by atomic mass is 16.5. The molecular weight excluding hydrogens is 266 g/mol. The Labute approximate surface area is 124 Å². The normalized spacial score (nSPS) is 10.1. The molecule has 1 amide bonds. The van der Waals surface area contributed by atoms with Gasteiger partial charge in [0.1, 0.15) is 11.5 Å². The van der Waals surface area contributed by atoms with Crippen LogP contribution in [0.1, 0.15) is 18.9 Å². The van der Waals surface area contributed by atoms with Crippen molar-refractivity contribution in [1.29, 1.82) is 0 Å². The molecule has 0 fully saturated rings. The van der Waals surface area contributed by atoms with E-state index in [0.717, 1.165) is 12.2 Å². The molecule has 0 atom stereocenters. The van der Waals surface area contributed by atoms with Crippen LogP contribution in [0.2, 0.25) is 0 Å². The van der Waals surface area contributed by atoms with Crippen molar-refractivity contribution < 1.29 is 14.6 Å². The Morgan fingerprint density at radius 2 is 1.95 bits per heavy atom. The maximum Gasteiger partial charge on any atom is 0.227 e. The second kappa shape index (κ2) is 7.33. The Hall–Kier alpha value is -2.49. The van der Waals surface area contributed by atoms with Gasteiger partial charge in [-0.2, -0.15) is 0 Å². The highest BCUT2D eigenvalue weighted by molar-refractivity contribution is 5.90. The number of aromatic hydroxyl groups is 1. The average Bonchev–Trinajstić information content (AvgIpc) is 2.48. The van der Waals surface area contributed by atoms with Crippen LogP contribution in [0.4, 0.5) is 5.69 Å². The second-order valence-corrected chi connectivity index (χ2v) is 4.69. The van der Waals surface area contributed by atoms with Crippen molar-refractivity contribution in [2.75, 3.05) is 11.9 Å². The van der Waals surface area contributed by atoms with Crippen molar-refractivity contribution in [3.63, 3.8) is 0 Å². The van der Waals surface area contributed by atoms with Crippen LogP contribution in [-0.4, -0.2) is 17.6 Å². The predicted octanol–water partition coefficient (Wildman–Crippen LogP) is 3.36. The number of phenols is 1. The fourth-order valence-electron chi connectivity index (χ4n) is 1.89. The fourth-order valence-corrected chi connectivity index (χ4v) is 1.89. The molecule has 4 heteroatoms. The van der Waals surface area contributed by atoms with E-state index in [0.29, 0.717) is 12.3 Å². The Morgan fingerprint density at radius 1 is 1.19 bits per heavy atom. The van der Waals surface area contributed by atoms with Gasteiger partial charge in [-0.25, -0.2) is 0 Å². The van der Waals surface area contributed by atoms with Gasteiger partial charge in [-0.3, -0.25) is 4.79 Å². The fraction of sp³-hybridized carbons (Fsp3) is 0.235. The van der Waals surface area contributed by atoms with E-state index in [1.165, 1.54) is 11.6 Å². The predicted molar refractivity (Wildman–Crippen MR) is 82.7 cm³/mol. The second-order valence-electron chi connectivity index (χ2n) is 4.69. The Kier molecular flexibility index (Phi) is 5.21. The third-order valence-corrected chi connectivity index (χ3v) is 3.06. The van der Waals surface area contributed by atoms with Gasteiger partial charge in [0.25, 0.3) is 0 Å². The number of ether oxygens (including phenoxy) is 1. The highest BCUT2D eigenvalue weighted by Gasteiger charge is 2.03. The quantitative estimate of drug-likeness (QED) is 0.855. The van der Waals surface area contributed by atoms with Gasteiger partial charge in [0.2, 0.25) is 5.91 Å². The van der Waals surface area contributed by atoms with Gasteiger partial charge < -0.3 is 15.2 Å². The summed E-state index contributed by atoms with van der Waals surface area (Å²) in [5.74, 6) is 0.739. The lowest BCUT2D eigenvalue weighted by molar-refractivity contribution is -0.116. The van der Waals surface area contributed by atoms with E-state index in [2.05, 4.69) is 12.2 Å². The van der Waals surface area contributed by atoms with Gasteiger partial charge in [0.15, 0.2) is 0 Å². The monoisotopic (exact) mass is 285 g/mol. The zero-order chi connectivity index (χ0) is 15.1. The van der Waals surface area contributed by atoms with Crippen molar-refractivity contribution in [1.82, 2.24) is 0 Å².